The molecule has 1 unspecified atom stereocenters. The van der Waals surface area contributed by atoms with Gasteiger partial charge < -0.3 is 15.1 Å². The Morgan fingerprint density at radius 1 is 1.38 bits per heavy atom. The molecule has 3 atom stereocenters. The van der Waals surface area contributed by atoms with Crippen molar-refractivity contribution in [3.05, 3.63) is 29.8 Å². The molecule has 4 aliphatic rings. The highest BCUT2D eigenvalue weighted by Gasteiger charge is 2.40. The molecular weight excluding hydrogens is 364 g/mol. The van der Waals surface area contributed by atoms with Gasteiger partial charge in [-0.15, -0.1) is 0 Å². The Kier molecular flexibility index (Phi) is 5.03. The summed E-state index contributed by atoms with van der Waals surface area (Å²) >= 11 is 0. The summed E-state index contributed by atoms with van der Waals surface area (Å²) in [6.07, 6.45) is 7.71. The fraction of sp³-hybridized carbons (Fsp3) is 0.565. The summed E-state index contributed by atoms with van der Waals surface area (Å²) in [6, 6.07) is 2.41. The van der Waals surface area contributed by atoms with Gasteiger partial charge in [-0.1, -0.05) is 11.8 Å². The first kappa shape index (κ1) is 18.7. The van der Waals surface area contributed by atoms with Crippen LogP contribution in [0.2, 0.25) is 0 Å². The second kappa shape index (κ2) is 7.81. The SMILES string of the molecule is C[C@H]1[C@H](NC(=O)c2cc3c(C#CCC4CCNC4)coc3cn2)C2CCN1CC2. The average Bonchev–Trinajstić information content (AvgIpc) is 3.41. The average molecular weight is 393 g/mol. The maximum absolute atomic E-state index is 12.9. The van der Waals surface area contributed by atoms with E-state index in [0.29, 0.717) is 29.2 Å². The van der Waals surface area contributed by atoms with E-state index in [4.69, 9.17) is 4.42 Å². The Morgan fingerprint density at radius 3 is 3.00 bits per heavy atom. The van der Waals surface area contributed by atoms with Crippen LogP contribution in [-0.4, -0.2) is 54.1 Å². The number of nitrogens with one attached hydrogen (secondary N) is 2. The number of rotatable bonds is 3. The Balaban J connectivity index is 1.32. The standard InChI is InChI=1S/C23H28N4O2/c1-15-22(17-6-9-27(15)10-7-17)26-23(28)20-11-19-18(14-29-21(19)13-25-20)4-2-3-16-5-8-24-12-16/h11,13-17,22,24H,3,5-10,12H2,1H3,(H,26,28)/t15-,16?,22-/m0/s1. The minimum Gasteiger partial charge on any atom is -0.461 e. The molecule has 2 aromatic heterocycles. The lowest BCUT2D eigenvalue weighted by atomic mass is 9.79. The molecule has 0 radical (unpaired) electrons. The van der Waals surface area contributed by atoms with E-state index >= 15 is 0 Å². The number of hydrogen-bond acceptors (Lipinski definition) is 5. The first-order valence-corrected chi connectivity index (χ1v) is 10.8. The number of fused-ring (bicyclic) bond motifs is 4. The first-order valence-electron chi connectivity index (χ1n) is 10.8. The van der Waals surface area contributed by atoms with Crippen LogP contribution >= 0.6 is 0 Å². The van der Waals surface area contributed by atoms with E-state index in [-0.39, 0.29) is 11.9 Å². The van der Waals surface area contributed by atoms with E-state index in [1.54, 1.807) is 12.5 Å². The van der Waals surface area contributed by atoms with Gasteiger partial charge in [0, 0.05) is 23.9 Å². The van der Waals surface area contributed by atoms with Crippen LogP contribution in [0.5, 0.6) is 0 Å². The third-order valence-electron chi connectivity index (χ3n) is 6.95. The summed E-state index contributed by atoms with van der Waals surface area (Å²) in [7, 11) is 0. The molecule has 152 valence electrons. The summed E-state index contributed by atoms with van der Waals surface area (Å²) < 4.78 is 5.60. The van der Waals surface area contributed by atoms with E-state index in [1.807, 2.05) is 6.07 Å². The molecule has 29 heavy (non-hydrogen) atoms. The quantitative estimate of drug-likeness (QED) is 0.785. The van der Waals surface area contributed by atoms with E-state index in [0.717, 1.165) is 43.5 Å². The minimum atomic E-state index is -0.102. The zero-order valence-corrected chi connectivity index (χ0v) is 16.9. The van der Waals surface area contributed by atoms with Crippen LogP contribution in [-0.2, 0) is 0 Å². The van der Waals surface area contributed by atoms with Crippen LogP contribution in [0.4, 0.5) is 0 Å². The zero-order chi connectivity index (χ0) is 19.8. The van der Waals surface area contributed by atoms with Gasteiger partial charge in [-0.2, -0.15) is 0 Å². The molecule has 6 nitrogen and oxygen atoms in total. The number of aromatic nitrogens is 1. The van der Waals surface area contributed by atoms with Crippen LogP contribution < -0.4 is 10.6 Å². The zero-order valence-electron chi connectivity index (χ0n) is 16.9. The minimum absolute atomic E-state index is 0.102. The molecule has 2 aromatic rings. The molecule has 4 fully saturated rings. The van der Waals surface area contributed by atoms with Crippen molar-refractivity contribution >= 4 is 16.9 Å². The number of amides is 1. The van der Waals surface area contributed by atoms with Gasteiger partial charge in [-0.3, -0.25) is 9.69 Å². The molecule has 0 aromatic carbocycles. The van der Waals surface area contributed by atoms with E-state index < -0.39 is 0 Å². The number of furan rings is 1. The second-order valence-electron chi connectivity index (χ2n) is 8.69. The number of carbonyl (C=O) groups is 1. The van der Waals surface area contributed by atoms with Crippen LogP contribution in [0.25, 0.3) is 11.0 Å². The number of pyridine rings is 1. The number of piperidine rings is 3. The molecule has 1 amide bonds. The monoisotopic (exact) mass is 392 g/mol. The lowest BCUT2D eigenvalue weighted by Crippen LogP contribution is -2.62. The fourth-order valence-electron chi connectivity index (χ4n) is 5.10. The Hall–Kier alpha value is -2.36. The van der Waals surface area contributed by atoms with Crippen molar-refractivity contribution < 1.29 is 9.21 Å². The summed E-state index contributed by atoms with van der Waals surface area (Å²) in [5.74, 6) is 7.62. The highest BCUT2D eigenvalue weighted by atomic mass is 16.3. The third-order valence-corrected chi connectivity index (χ3v) is 6.95. The van der Waals surface area contributed by atoms with Crippen molar-refractivity contribution in [2.45, 2.75) is 44.7 Å². The van der Waals surface area contributed by atoms with Gasteiger partial charge in [0.15, 0.2) is 5.58 Å². The van der Waals surface area contributed by atoms with Gasteiger partial charge in [-0.05, 0) is 70.3 Å². The first-order chi connectivity index (χ1) is 14.2. The summed E-state index contributed by atoms with van der Waals surface area (Å²) in [4.78, 5) is 19.8. The molecule has 2 N–H and O–H groups in total. The second-order valence-corrected chi connectivity index (χ2v) is 8.69. The maximum Gasteiger partial charge on any atom is 0.270 e. The summed E-state index contributed by atoms with van der Waals surface area (Å²) in [5.41, 5.74) is 1.94. The van der Waals surface area contributed by atoms with Crippen molar-refractivity contribution in [2.24, 2.45) is 11.8 Å². The Morgan fingerprint density at radius 2 is 2.24 bits per heavy atom. The van der Waals surface area contributed by atoms with Crippen molar-refractivity contribution in [1.82, 2.24) is 20.5 Å². The molecule has 2 bridgehead atoms. The number of carbonyl (C=O) groups excluding carboxylic acids is 1. The lowest BCUT2D eigenvalue weighted by Gasteiger charge is -2.49. The molecule has 6 rings (SSSR count). The van der Waals surface area contributed by atoms with Crippen LogP contribution in [0.3, 0.4) is 0 Å². The molecule has 4 aliphatic heterocycles. The van der Waals surface area contributed by atoms with E-state index in [9.17, 15) is 4.79 Å². The van der Waals surface area contributed by atoms with Crippen LogP contribution in [0.15, 0.2) is 22.9 Å². The molecule has 6 heterocycles. The third kappa shape index (κ3) is 3.65. The lowest BCUT2D eigenvalue weighted by molar-refractivity contribution is 0.0216. The van der Waals surface area contributed by atoms with Crippen molar-refractivity contribution in [3.8, 4) is 11.8 Å². The molecule has 0 spiro atoms. The smallest absolute Gasteiger partial charge is 0.270 e. The molecule has 0 aliphatic carbocycles. The Labute approximate surface area is 171 Å². The summed E-state index contributed by atoms with van der Waals surface area (Å²) in [5, 5.41) is 7.49. The largest absolute Gasteiger partial charge is 0.461 e. The highest BCUT2D eigenvalue weighted by Crippen LogP contribution is 2.32. The molecule has 6 heteroatoms. The topological polar surface area (TPSA) is 70.4 Å². The van der Waals surface area contributed by atoms with Crippen molar-refractivity contribution in [1.29, 1.82) is 0 Å². The maximum atomic E-state index is 12.9. The Bertz CT molecular complexity index is 956. The van der Waals surface area contributed by atoms with Crippen molar-refractivity contribution in [3.63, 3.8) is 0 Å². The number of nitrogens with zero attached hydrogens (tertiary/aromatic N) is 2. The van der Waals surface area contributed by atoms with Gasteiger partial charge in [0.05, 0.1) is 11.8 Å². The predicted molar refractivity (Wildman–Crippen MR) is 111 cm³/mol. The normalized spacial score (nSPS) is 30.9. The number of hydrogen-bond donors (Lipinski definition) is 2. The molecule has 0 saturated carbocycles. The van der Waals surface area contributed by atoms with Crippen LogP contribution in [0.1, 0.15) is 48.7 Å². The van der Waals surface area contributed by atoms with Crippen LogP contribution in [0, 0.1) is 23.7 Å². The van der Waals surface area contributed by atoms with E-state index in [2.05, 4.69) is 39.3 Å². The predicted octanol–water partition coefficient (Wildman–Crippen LogP) is 2.39. The fourth-order valence-corrected chi connectivity index (χ4v) is 5.10. The van der Waals surface area contributed by atoms with Gasteiger partial charge in [0.2, 0.25) is 0 Å². The van der Waals surface area contributed by atoms with Crippen molar-refractivity contribution in [2.75, 3.05) is 26.2 Å². The van der Waals surface area contributed by atoms with E-state index in [1.165, 1.54) is 19.3 Å². The van der Waals surface area contributed by atoms with Gasteiger partial charge in [0.25, 0.3) is 5.91 Å². The highest BCUT2D eigenvalue weighted by molar-refractivity contribution is 5.97. The van der Waals surface area contributed by atoms with Gasteiger partial charge in [0.1, 0.15) is 12.0 Å². The van der Waals surface area contributed by atoms with Gasteiger partial charge >= 0.3 is 0 Å². The molecular formula is C23H28N4O2. The van der Waals surface area contributed by atoms with Gasteiger partial charge in [-0.25, -0.2) is 4.98 Å². The molecule has 4 saturated heterocycles. The summed E-state index contributed by atoms with van der Waals surface area (Å²) in [6.45, 7) is 6.65.